The van der Waals surface area contributed by atoms with Crippen LogP contribution in [0.3, 0.4) is 0 Å². The topological polar surface area (TPSA) is 54.4 Å². The van der Waals surface area contributed by atoms with Gasteiger partial charge in [-0.05, 0) is 37.5 Å². The molecule has 0 saturated heterocycles. The first-order valence-corrected chi connectivity index (χ1v) is 7.29. The van der Waals surface area contributed by atoms with Crippen LogP contribution in [0.2, 0.25) is 0 Å². The normalized spacial score (nSPS) is 23.1. The molecule has 0 aromatic heterocycles. The second-order valence-electron chi connectivity index (χ2n) is 4.74. The van der Waals surface area contributed by atoms with E-state index in [1.54, 1.807) is 0 Å². The van der Waals surface area contributed by atoms with Gasteiger partial charge in [0.1, 0.15) is 0 Å². The van der Waals surface area contributed by atoms with Crippen LogP contribution in [0.25, 0.3) is 0 Å². The lowest BCUT2D eigenvalue weighted by Gasteiger charge is -2.11. The average molecular weight is 294 g/mol. The smallest absolute Gasteiger partial charge is 0.393 e. The van der Waals surface area contributed by atoms with Crippen molar-refractivity contribution >= 4 is 9.84 Å². The van der Waals surface area contributed by atoms with Gasteiger partial charge in [-0.3, -0.25) is 0 Å². The summed E-state index contributed by atoms with van der Waals surface area (Å²) in [5.41, 5.74) is -1.08. The Labute approximate surface area is 109 Å². The molecule has 1 aromatic rings. The zero-order valence-corrected chi connectivity index (χ0v) is 10.9. The first-order valence-electron chi connectivity index (χ1n) is 5.75. The Balaban J connectivity index is 2.53. The lowest BCUT2D eigenvalue weighted by Crippen LogP contribution is -2.22. The van der Waals surface area contributed by atoms with Gasteiger partial charge in [-0.25, -0.2) is 8.42 Å². The highest BCUT2D eigenvalue weighted by molar-refractivity contribution is 7.92. The first-order chi connectivity index (χ1) is 8.64. The van der Waals surface area contributed by atoms with Crippen LogP contribution in [0.4, 0.5) is 13.2 Å². The highest BCUT2D eigenvalue weighted by Gasteiger charge is 2.43. The standard InChI is InChI=1S/C12H13F3O3S/c1-7(16)5-8-6-9-10(12(13,14)15)3-2-4-11(9)19(8,17)18/h2-4,7-8,16H,5-6H2,1H3. The minimum Gasteiger partial charge on any atom is -0.393 e. The summed E-state index contributed by atoms with van der Waals surface area (Å²) in [6.45, 7) is 1.42. The second-order valence-corrected chi connectivity index (χ2v) is 6.93. The van der Waals surface area contributed by atoms with E-state index in [9.17, 15) is 26.7 Å². The zero-order valence-electron chi connectivity index (χ0n) is 10.1. The zero-order chi connectivity index (χ0) is 14.4. The molecule has 7 heteroatoms. The van der Waals surface area contributed by atoms with Crippen molar-refractivity contribution in [1.82, 2.24) is 0 Å². The molecular weight excluding hydrogens is 281 g/mol. The van der Waals surface area contributed by atoms with Crippen LogP contribution < -0.4 is 0 Å². The number of rotatable bonds is 2. The van der Waals surface area contributed by atoms with Crippen molar-refractivity contribution in [1.29, 1.82) is 0 Å². The van der Waals surface area contributed by atoms with Gasteiger partial charge in [-0.2, -0.15) is 13.2 Å². The molecule has 19 heavy (non-hydrogen) atoms. The van der Waals surface area contributed by atoms with Crippen LogP contribution in [0.1, 0.15) is 24.5 Å². The second kappa shape index (κ2) is 4.49. The minimum absolute atomic E-state index is 0.0612. The Morgan fingerprint density at radius 1 is 1.42 bits per heavy atom. The maximum atomic E-state index is 12.8. The van der Waals surface area contributed by atoms with Crippen molar-refractivity contribution < 1.29 is 26.7 Å². The molecule has 0 saturated carbocycles. The highest BCUT2D eigenvalue weighted by Crippen LogP contribution is 2.41. The molecule has 106 valence electrons. The predicted octanol–water partition coefficient (Wildman–Crippen LogP) is 2.17. The molecule has 2 rings (SSSR count). The fraction of sp³-hybridized carbons (Fsp3) is 0.500. The summed E-state index contributed by atoms with van der Waals surface area (Å²) in [5, 5.41) is 8.29. The summed E-state index contributed by atoms with van der Waals surface area (Å²) in [6.07, 6.45) is -5.70. The van der Waals surface area contributed by atoms with Gasteiger partial charge in [0.2, 0.25) is 0 Å². The van der Waals surface area contributed by atoms with Crippen LogP contribution in [-0.2, 0) is 22.4 Å². The third kappa shape index (κ3) is 2.49. The highest BCUT2D eigenvalue weighted by atomic mass is 32.2. The Kier molecular flexibility index (Phi) is 3.38. The van der Waals surface area contributed by atoms with E-state index in [1.165, 1.54) is 13.0 Å². The van der Waals surface area contributed by atoms with E-state index in [2.05, 4.69) is 0 Å². The van der Waals surface area contributed by atoms with Gasteiger partial charge < -0.3 is 5.11 Å². The van der Waals surface area contributed by atoms with Crippen molar-refractivity contribution in [2.75, 3.05) is 0 Å². The Morgan fingerprint density at radius 3 is 2.58 bits per heavy atom. The first kappa shape index (κ1) is 14.3. The van der Waals surface area contributed by atoms with Crippen molar-refractivity contribution in [2.45, 2.75) is 42.2 Å². The van der Waals surface area contributed by atoms with Crippen molar-refractivity contribution in [3.8, 4) is 0 Å². The molecule has 1 aliphatic rings. The molecule has 0 spiro atoms. The van der Waals surface area contributed by atoms with Gasteiger partial charge in [-0.15, -0.1) is 0 Å². The largest absolute Gasteiger partial charge is 0.416 e. The van der Waals surface area contributed by atoms with Gasteiger partial charge in [0, 0.05) is 0 Å². The summed E-state index contributed by atoms with van der Waals surface area (Å²) in [6, 6.07) is 3.19. The van der Waals surface area contributed by atoms with Gasteiger partial charge >= 0.3 is 6.18 Å². The molecule has 2 unspecified atom stereocenters. The SMILES string of the molecule is CC(O)CC1Cc2c(C(F)(F)F)cccc2S1(=O)=O. The number of fused-ring (bicyclic) bond motifs is 1. The number of aliphatic hydroxyl groups excluding tert-OH is 1. The third-order valence-corrected chi connectivity index (χ3v) is 5.45. The van der Waals surface area contributed by atoms with Crippen LogP contribution >= 0.6 is 0 Å². The molecule has 3 nitrogen and oxygen atoms in total. The molecular formula is C12H13F3O3S. The molecule has 0 fully saturated rings. The van der Waals surface area contributed by atoms with Crippen molar-refractivity contribution in [3.05, 3.63) is 29.3 Å². The summed E-state index contributed by atoms with van der Waals surface area (Å²) < 4.78 is 62.8. The minimum atomic E-state index is -4.57. The van der Waals surface area contributed by atoms with E-state index < -0.39 is 32.9 Å². The van der Waals surface area contributed by atoms with E-state index >= 15 is 0 Å². The van der Waals surface area contributed by atoms with Crippen LogP contribution in [0.15, 0.2) is 23.1 Å². The quantitative estimate of drug-likeness (QED) is 0.909. The van der Waals surface area contributed by atoms with Gasteiger partial charge in [0.05, 0.1) is 21.8 Å². The Morgan fingerprint density at radius 2 is 2.05 bits per heavy atom. The number of sulfone groups is 1. The van der Waals surface area contributed by atoms with Gasteiger partial charge in [0.25, 0.3) is 0 Å². The van der Waals surface area contributed by atoms with E-state index in [0.717, 1.165) is 12.1 Å². The number of hydrogen-bond acceptors (Lipinski definition) is 3. The van der Waals surface area contributed by atoms with E-state index in [4.69, 9.17) is 0 Å². The molecule has 0 amide bonds. The molecule has 1 aromatic carbocycles. The van der Waals surface area contributed by atoms with E-state index in [1.807, 2.05) is 0 Å². The lowest BCUT2D eigenvalue weighted by atomic mass is 10.0. The Hall–Kier alpha value is -1.08. The molecule has 1 heterocycles. The lowest BCUT2D eigenvalue weighted by molar-refractivity contribution is -0.138. The van der Waals surface area contributed by atoms with Gasteiger partial charge in [0.15, 0.2) is 9.84 Å². The molecule has 0 aliphatic carbocycles. The van der Waals surface area contributed by atoms with Crippen LogP contribution in [0, 0.1) is 0 Å². The van der Waals surface area contributed by atoms with Crippen molar-refractivity contribution in [2.24, 2.45) is 0 Å². The third-order valence-electron chi connectivity index (χ3n) is 3.22. The maximum absolute atomic E-state index is 12.8. The van der Waals surface area contributed by atoms with E-state index in [0.29, 0.717) is 0 Å². The number of alkyl halides is 3. The monoisotopic (exact) mass is 294 g/mol. The van der Waals surface area contributed by atoms with Crippen molar-refractivity contribution in [3.63, 3.8) is 0 Å². The fourth-order valence-corrected chi connectivity index (χ4v) is 4.50. The fourth-order valence-electron chi connectivity index (χ4n) is 2.42. The maximum Gasteiger partial charge on any atom is 0.416 e. The van der Waals surface area contributed by atoms with Crippen LogP contribution in [-0.4, -0.2) is 24.9 Å². The number of benzene rings is 1. The molecule has 2 atom stereocenters. The summed E-state index contributed by atoms with van der Waals surface area (Å²) in [7, 11) is -3.78. The average Bonchev–Trinajstić information content (AvgIpc) is 2.49. The Bertz CT molecular complexity index is 591. The van der Waals surface area contributed by atoms with Gasteiger partial charge in [-0.1, -0.05) is 6.07 Å². The summed E-state index contributed by atoms with van der Waals surface area (Å²) >= 11 is 0. The van der Waals surface area contributed by atoms with Crippen LogP contribution in [0.5, 0.6) is 0 Å². The molecule has 0 radical (unpaired) electrons. The molecule has 1 N–H and O–H groups in total. The number of aliphatic hydroxyl groups is 1. The number of halogens is 3. The predicted molar refractivity (Wildman–Crippen MR) is 62.4 cm³/mol. The summed E-state index contributed by atoms with van der Waals surface area (Å²) in [5.74, 6) is 0. The molecule has 0 bridgehead atoms. The number of hydrogen-bond donors (Lipinski definition) is 1. The molecule has 1 aliphatic heterocycles. The summed E-state index contributed by atoms with van der Waals surface area (Å²) in [4.78, 5) is -0.257. The van der Waals surface area contributed by atoms with E-state index in [-0.39, 0.29) is 23.3 Å².